The highest BCUT2D eigenvalue weighted by Crippen LogP contribution is 2.52. The summed E-state index contributed by atoms with van der Waals surface area (Å²) >= 11 is 0. The Morgan fingerprint density at radius 3 is 2.60 bits per heavy atom. The van der Waals surface area contributed by atoms with Gasteiger partial charge in [-0.25, -0.2) is 4.79 Å². The van der Waals surface area contributed by atoms with Crippen molar-refractivity contribution in [2.75, 3.05) is 0 Å². The van der Waals surface area contributed by atoms with Crippen molar-refractivity contribution in [3.8, 4) is 0 Å². The Labute approximate surface area is 116 Å². The van der Waals surface area contributed by atoms with Crippen LogP contribution < -0.4 is 11.2 Å². The second-order valence-electron chi connectivity index (χ2n) is 6.80. The van der Waals surface area contributed by atoms with Crippen molar-refractivity contribution in [3.05, 3.63) is 33.1 Å². The molecule has 0 spiro atoms. The zero-order chi connectivity index (χ0) is 14.7. The van der Waals surface area contributed by atoms with Gasteiger partial charge < -0.3 is 9.47 Å². The second kappa shape index (κ2) is 4.05. The van der Waals surface area contributed by atoms with E-state index in [1.807, 2.05) is 13.8 Å². The van der Waals surface area contributed by atoms with Crippen molar-refractivity contribution in [3.63, 3.8) is 0 Å². The molecule has 6 nitrogen and oxygen atoms in total. The van der Waals surface area contributed by atoms with Crippen molar-refractivity contribution in [2.24, 2.45) is 5.41 Å². The molecular weight excluding hydrogens is 260 g/mol. The molecule has 1 aliphatic carbocycles. The molecule has 3 atom stereocenters. The summed E-state index contributed by atoms with van der Waals surface area (Å²) < 4.78 is 13.5. The Balaban J connectivity index is 2.03. The number of aromatic nitrogens is 2. The van der Waals surface area contributed by atoms with Crippen LogP contribution in [0.15, 0.2) is 21.9 Å². The fraction of sp³-hybridized carbons (Fsp3) is 0.714. The predicted octanol–water partition coefficient (Wildman–Crippen LogP) is 1.03. The first kappa shape index (κ1) is 13.6. The zero-order valence-electron chi connectivity index (χ0n) is 12.2. The molecule has 2 fully saturated rings. The van der Waals surface area contributed by atoms with E-state index in [0.717, 1.165) is 6.42 Å². The monoisotopic (exact) mass is 280 g/mol. The van der Waals surface area contributed by atoms with Crippen LogP contribution in [-0.4, -0.2) is 27.5 Å². The lowest BCUT2D eigenvalue weighted by Crippen LogP contribution is -2.36. The number of hydrogen-bond donors (Lipinski definition) is 1. The molecule has 1 N–H and O–H groups in total. The quantitative estimate of drug-likeness (QED) is 0.834. The Bertz CT molecular complexity index is 643. The Morgan fingerprint density at radius 2 is 1.95 bits per heavy atom. The number of nitrogens with zero attached hydrogens (tertiary/aromatic N) is 1. The number of ether oxygens (including phenoxy) is 2. The summed E-state index contributed by atoms with van der Waals surface area (Å²) in [6.45, 7) is 8.00. The fourth-order valence-corrected chi connectivity index (χ4v) is 3.39. The first-order valence-corrected chi connectivity index (χ1v) is 6.87. The summed E-state index contributed by atoms with van der Waals surface area (Å²) in [5, 5.41) is 0. The lowest BCUT2D eigenvalue weighted by atomic mass is 9.89. The lowest BCUT2D eigenvalue weighted by Gasteiger charge is -2.27. The minimum atomic E-state index is -0.642. The van der Waals surface area contributed by atoms with Crippen LogP contribution in [-0.2, 0) is 9.47 Å². The summed E-state index contributed by atoms with van der Waals surface area (Å²) in [4.78, 5) is 25.5. The van der Waals surface area contributed by atoms with Gasteiger partial charge in [0.2, 0.25) is 0 Å². The van der Waals surface area contributed by atoms with Crippen molar-refractivity contribution in [1.82, 2.24) is 9.55 Å². The molecule has 1 aliphatic heterocycles. The van der Waals surface area contributed by atoms with Gasteiger partial charge in [0, 0.05) is 12.3 Å². The van der Waals surface area contributed by atoms with Crippen LogP contribution in [0.2, 0.25) is 0 Å². The summed E-state index contributed by atoms with van der Waals surface area (Å²) in [6, 6.07) is 1.24. The van der Waals surface area contributed by atoms with E-state index in [0.29, 0.717) is 0 Å². The molecule has 1 aromatic rings. The van der Waals surface area contributed by atoms with Crippen LogP contribution in [0.1, 0.15) is 40.2 Å². The van der Waals surface area contributed by atoms with Gasteiger partial charge in [0.15, 0.2) is 5.79 Å². The van der Waals surface area contributed by atoms with Crippen LogP contribution >= 0.6 is 0 Å². The van der Waals surface area contributed by atoms with Gasteiger partial charge in [-0.1, -0.05) is 13.8 Å². The summed E-state index contributed by atoms with van der Waals surface area (Å²) in [6.07, 6.45) is 2.08. The average Bonchev–Trinajstić information content (AvgIpc) is 2.73. The van der Waals surface area contributed by atoms with Crippen LogP contribution in [0, 0.1) is 5.41 Å². The van der Waals surface area contributed by atoms with Gasteiger partial charge in [-0.2, -0.15) is 0 Å². The maximum atomic E-state index is 12.0. The molecule has 2 aliphatic rings. The third-order valence-electron chi connectivity index (χ3n) is 4.22. The molecule has 110 valence electrons. The van der Waals surface area contributed by atoms with E-state index in [2.05, 4.69) is 18.8 Å². The van der Waals surface area contributed by atoms with Gasteiger partial charge in [-0.05, 0) is 25.7 Å². The molecule has 0 unspecified atom stereocenters. The summed E-state index contributed by atoms with van der Waals surface area (Å²) in [7, 11) is 0. The normalized spacial score (nSPS) is 34.1. The zero-order valence-corrected chi connectivity index (χ0v) is 12.2. The van der Waals surface area contributed by atoms with E-state index in [9.17, 15) is 9.59 Å². The van der Waals surface area contributed by atoms with Crippen LogP contribution in [0.25, 0.3) is 0 Å². The third-order valence-corrected chi connectivity index (χ3v) is 4.22. The van der Waals surface area contributed by atoms with E-state index in [1.165, 1.54) is 6.07 Å². The van der Waals surface area contributed by atoms with Gasteiger partial charge in [0.25, 0.3) is 5.56 Å². The molecule has 20 heavy (non-hydrogen) atoms. The number of aromatic amines is 1. The Morgan fingerprint density at radius 1 is 1.25 bits per heavy atom. The number of hydrogen-bond acceptors (Lipinski definition) is 4. The maximum absolute atomic E-state index is 12.0. The maximum Gasteiger partial charge on any atom is 0.328 e. The van der Waals surface area contributed by atoms with E-state index < -0.39 is 11.5 Å². The Kier molecular flexibility index (Phi) is 2.75. The first-order chi connectivity index (χ1) is 9.20. The first-order valence-electron chi connectivity index (χ1n) is 6.87. The van der Waals surface area contributed by atoms with E-state index in [1.54, 1.807) is 10.8 Å². The van der Waals surface area contributed by atoms with Crippen LogP contribution in [0.4, 0.5) is 0 Å². The summed E-state index contributed by atoms with van der Waals surface area (Å²) in [5.41, 5.74) is -0.866. The molecule has 2 heterocycles. The molecule has 0 aromatic carbocycles. The standard InChI is InChI=1S/C14H20N2O4/c1-13(2)7-8(10-11(13)20-14(3,4)19-10)16-6-5-9(17)15-12(16)18/h5-6,8,10-11H,7H2,1-4H3,(H,15,17,18)/t8-,10+,11+/m1/s1. The number of H-pyrrole nitrogens is 1. The van der Waals surface area contributed by atoms with Gasteiger partial charge in [0.05, 0.1) is 12.1 Å². The molecule has 0 amide bonds. The third kappa shape index (κ3) is 2.03. The van der Waals surface area contributed by atoms with Crippen molar-refractivity contribution in [2.45, 2.75) is 58.2 Å². The summed E-state index contributed by atoms with van der Waals surface area (Å²) in [5.74, 6) is -0.642. The van der Waals surface area contributed by atoms with E-state index in [4.69, 9.17) is 9.47 Å². The van der Waals surface area contributed by atoms with Crippen LogP contribution in [0.5, 0.6) is 0 Å². The highest BCUT2D eigenvalue weighted by atomic mass is 16.8. The molecule has 0 radical (unpaired) electrons. The smallest absolute Gasteiger partial charge is 0.328 e. The van der Waals surface area contributed by atoms with Gasteiger partial charge in [0.1, 0.15) is 6.10 Å². The van der Waals surface area contributed by atoms with Crippen LogP contribution in [0.3, 0.4) is 0 Å². The molecular formula is C14H20N2O4. The van der Waals surface area contributed by atoms with Crippen molar-refractivity contribution in [1.29, 1.82) is 0 Å². The van der Waals surface area contributed by atoms with Crippen molar-refractivity contribution >= 4 is 0 Å². The van der Waals surface area contributed by atoms with Gasteiger partial charge in [-0.3, -0.25) is 14.3 Å². The topological polar surface area (TPSA) is 73.3 Å². The van der Waals surface area contributed by atoms with Crippen molar-refractivity contribution < 1.29 is 9.47 Å². The molecule has 1 aromatic heterocycles. The fourth-order valence-electron chi connectivity index (χ4n) is 3.39. The largest absolute Gasteiger partial charge is 0.344 e. The number of nitrogens with one attached hydrogen (secondary N) is 1. The molecule has 3 rings (SSSR count). The molecule has 6 heteroatoms. The second-order valence-corrected chi connectivity index (χ2v) is 6.80. The molecule has 1 saturated carbocycles. The SMILES string of the molecule is CC1(C)O[C@H]2[C@H](n3ccc(=O)[nH]c3=O)CC(C)(C)[C@H]2O1. The number of rotatable bonds is 1. The molecule has 1 saturated heterocycles. The predicted molar refractivity (Wildman–Crippen MR) is 72.6 cm³/mol. The highest BCUT2D eigenvalue weighted by molar-refractivity contribution is 5.06. The minimum absolute atomic E-state index is 0.0543. The molecule has 0 bridgehead atoms. The minimum Gasteiger partial charge on any atom is -0.344 e. The number of fused-ring (bicyclic) bond motifs is 1. The van der Waals surface area contributed by atoms with Gasteiger partial charge >= 0.3 is 5.69 Å². The highest BCUT2D eigenvalue weighted by Gasteiger charge is 2.58. The Hall–Kier alpha value is -1.40. The van der Waals surface area contributed by atoms with E-state index in [-0.39, 0.29) is 29.2 Å². The van der Waals surface area contributed by atoms with E-state index >= 15 is 0 Å². The average molecular weight is 280 g/mol. The van der Waals surface area contributed by atoms with Gasteiger partial charge in [-0.15, -0.1) is 0 Å². The lowest BCUT2D eigenvalue weighted by molar-refractivity contribution is -0.166.